The number of hydrogen-bond donors (Lipinski definition) is 1. The van der Waals surface area contributed by atoms with Crippen LogP contribution in [-0.2, 0) is 4.79 Å². The summed E-state index contributed by atoms with van der Waals surface area (Å²) < 4.78 is -1.09. The van der Waals surface area contributed by atoms with Crippen molar-refractivity contribution in [3.05, 3.63) is 12.7 Å². The quantitative estimate of drug-likeness (QED) is 0.553. The van der Waals surface area contributed by atoms with Gasteiger partial charge in [-0.3, -0.25) is 4.79 Å². The van der Waals surface area contributed by atoms with Gasteiger partial charge in [-0.15, -0.1) is 29.8 Å². The number of carbonyl (C=O) groups is 1. The fraction of sp³-hybridized carbons (Fsp3) is 0.571. The molecule has 2 nitrogen and oxygen atoms in total. The Balaban J connectivity index is 2.79. The van der Waals surface area contributed by atoms with Crippen LogP contribution in [0.5, 0.6) is 0 Å². The maximum Gasteiger partial charge on any atom is 0.313 e. The maximum absolute atomic E-state index is 10.7. The van der Waals surface area contributed by atoms with E-state index < -0.39 is 15.7 Å². The fourth-order valence-electron chi connectivity index (χ4n) is 1.12. The van der Waals surface area contributed by atoms with Crippen LogP contribution in [0.4, 0.5) is 0 Å². The SMILES string of the molecule is C=CC[C@@]1(C(=O)O)CC1(Cl)Cl. The molecule has 1 saturated carbocycles. The molecule has 0 amide bonds. The molecule has 1 aliphatic rings. The highest BCUT2D eigenvalue weighted by Crippen LogP contribution is 2.66. The smallest absolute Gasteiger partial charge is 0.313 e. The Morgan fingerprint density at radius 2 is 2.18 bits per heavy atom. The van der Waals surface area contributed by atoms with Crippen molar-refractivity contribution in [3.8, 4) is 0 Å². The van der Waals surface area contributed by atoms with Gasteiger partial charge in [-0.05, 0) is 6.42 Å². The number of allylic oxidation sites excluding steroid dienone is 1. The topological polar surface area (TPSA) is 37.3 Å². The summed E-state index contributed by atoms with van der Waals surface area (Å²) in [6.45, 7) is 3.45. The summed E-state index contributed by atoms with van der Waals surface area (Å²) in [6, 6.07) is 0. The number of carboxylic acid groups (broad SMARTS) is 1. The molecule has 1 aliphatic carbocycles. The van der Waals surface area contributed by atoms with E-state index in [0.29, 0.717) is 12.8 Å². The molecule has 0 unspecified atom stereocenters. The van der Waals surface area contributed by atoms with Gasteiger partial charge in [0.1, 0.15) is 9.75 Å². The Hall–Kier alpha value is -0.210. The molecule has 0 radical (unpaired) electrons. The van der Waals surface area contributed by atoms with Crippen molar-refractivity contribution in [2.24, 2.45) is 5.41 Å². The Morgan fingerprint density at radius 3 is 2.27 bits per heavy atom. The molecule has 1 N–H and O–H groups in total. The fourth-order valence-corrected chi connectivity index (χ4v) is 1.89. The van der Waals surface area contributed by atoms with E-state index in [4.69, 9.17) is 28.3 Å². The molecular weight excluding hydrogens is 187 g/mol. The average Bonchev–Trinajstić information content (AvgIpc) is 2.36. The number of aliphatic carboxylic acids is 1. The van der Waals surface area contributed by atoms with Crippen LogP contribution < -0.4 is 0 Å². The molecule has 0 bridgehead atoms. The summed E-state index contributed by atoms with van der Waals surface area (Å²) in [5.74, 6) is -0.942. The molecule has 0 heterocycles. The summed E-state index contributed by atoms with van der Waals surface area (Å²) in [4.78, 5) is 10.7. The Kier molecular flexibility index (Phi) is 1.93. The van der Waals surface area contributed by atoms with Crippen LogP contribution in [0, 0.1) is 5.41 Å². The van der Waals surface area contributed by atoms with E-state index in [1.807, 2.05) is 0 Å². The molecule has 0 aliphatic heterocycles. The maximum atomic E-state index is 10.7. The van der Waals surface area contributed by atoms with Crippen LogP contribution in [0.15, 0.2) is 12.7 Å². The molecule has 0 aromatic heterocycles. The monoisotopic (exact) mass is 194 g/mol. The predicted octanol–water partition coefficient (Wildman–Crippen LogP) is 2.21. The molecule has 1 fully saturated rings. The van der Waals surface area contributed by atoms with Gasteiger partial charge in [0.2, 0.25) is 0 Å². The van der Waals surface area contributed by atoms with Crippen molar-refractivity contribution >= 4 is 29.2 Å². The predicted molar refractivity (Wildman–Crippen MR) is 43.9 cm³/mol. The number of hydrogen-bond acceptors (Lipinski definition) is 1. The summed E-state index contributed by atoms with van der Waals surface area (Å²) in [7, 11) is 0. The Labute approximate surface area is 74.8 Å². The summed E-state index contributed by atoms with van der Waals surface area (Å²) in [5, 5.41) is 8.75. The molecule has 1 atom stereocenters. The van der Waals surface area contributed by atoms with Gasteiger partial charge in [-0.1, -0.05) is 6.08 Å². The van der Waals surface area contributed by atoms with E-state index in [2.05, 4.69) is 6.58 Å². The minimum absolute atomic E-state index is 0.310. The first kappa shape index (κ1) is 8.88. The van der Waals surface area contributed by atoms with Gasteiger partial charge < -0.3 is 5.11 Å². The first-order valence-electron chi connectivity index (χ1n) is 3.18. The van der Waals surface area contributed by atoms with E-state index in [0.717, 1.165) is 0 Å². The highest BCUT2D eigenvalue weighted by molar-refractivity contribution is 6.53. The van der Waals surface area contributed by atoms with Crippen LogP contribution in [0.3, 0.4) is 0 Å². The Bertz CT molecular complexity index is 212. The molecule has 11 heavy (non-hydrogen) atoms. The Morgan fingerprint density at radius 1 is 1.73 bits per heavy atom. The van der Waals surface area contributed by atoms with Crippen LogP contribution in [0.2, 0.25) is 0 Å². The number of alkyl halides is 2. The van der Waals surface area contributed by atoms with Gasteiger partial charge in [0.15, 0.2) is 0 Å². The van der Waals surface area contributed by atoms with E-state index in [9.17, 15) is 4.79 Å². The van der Waals surface area contributed by atoms with Crippen molar-refractivity contribution in [2.45, 2.75) is 17.2 Å². The highest BCUT2D eigenvalue weighted by Gasteiger charge is 2.70. The third-order valence-corrected chi connectivity index (χ3v) is 2.99. The molecule has 1 rings (SSSR count). The third kappa shape index (κ3) is 1.14. The molecule has 62 valence electrons. The number of carboxylic acids is 1. The first-order valence-corrected chi connectivity index (χ1v) is 3.94. The van der Waals surface area contributed by atoms with Crippen molar-refractivity contribution in [3.63, 3.8) is 0 Å². The zero-order valence-electron chi connectivity index (χ0n) is 5.81. The van der Waals surface area contributed by atoms with Crippen molar-refractivity contribution in [1.29, 1.82) is 0 Å². The number of rotatable bonds is 3. The van der Waals surface area contributed by atoms with Crippen molar-refractivity contribution in [1.82, 2.24) is 0 Å². The largest absolute Gasteiger partial charge is 0.481 e. The lowest BCUT2D eigenvalue weighted by molar-refractivity contribution is -0.143. The van der Waals surface area contributed by atoms with Gasteiger partial charge in [0.05, 0.1) is 0 Å². The van der Waals surface area contributed by atoms with Crippen LogP contribution >= 0.6 is 23.2 Å². The second kappa shape index (κ2) is 2.39. The standard InChI is InChI=1S/C7H8Cl2O2/c1-2-3-6(5(10)11)4-7(6,8)9/h2H,1,3-4H2,(H,10,11)/t6-/m0/s1. The lowest BCUT2D eigenvalue weighted by Crippen LogP contribution is -2.20. The van der Waals surface area contributed by atoms with Crippen LogP contribution in [0.25, 0.3) is 0 Å². The highest BCUT2D eigenvalue weighted by atomic mass is 35.5. The molecule has 0 saturated heterocycles. The second-order valence-electron chi connectivity index (χ2n) is 2.76. The third-order valence-electron chi connectivity index (χ3n) is 2.00. The zero-order valence-corrected chi connectivity index (χ0v) is 7.32. The number of halogens is 2. The normalized spacial score (nSPS) is 32.9. The molecular formula is C7H8Cl2O2. The lowest BCUT2D eigenvalue weighted by atomic mass is 10.0. The molecule has 0 aromatic carbocycles. The van der Waals surface area contributed by atoms with Gasteiger partial charge in [-0.25, -0.2) is 0 Å². The summed E-state index contributed by atoms with van der Waals surface area (Å²) in [5.41, 5.74) is -0.974. The van der Waals surface area contributed by atoms with Crippen LogP contribution in [-0.4, -0.2) is 15.4 Å². The first-order chi connectivity index (χ1) is 4.96. The zero-order chi connectivity index (χ0) is 8.70. The van der Waals surface area contributed by atoms with Crippen molar-refractivity contribution < 1.29 is 9.90 Å². The van der Waals surface area contributed by atoms with Crippen LogP contribution in [0.1, 0.15) is 12.8 Å². The van der Waals surface area contributed by atoms with Gasteiger partial charge >= 0.3 is 5.97 Å². The summed E-state index contributed by atoms with van der Waals surface area (Å²) >= 11 is 11.3. The van der Waals surface area contributed by atoms with Gasteiger partial charge in [0.25, 0.3) is 0 Å². The van der Waals surface area contributed by atoms with E-state index in [1.165, 1.54) is 6.08 Å². The minimum atomic E-state index is -1.09. The van der Waals surface area contributed by atoms with E-state index >= 15 is 0 Å². The van der Waals surface area contributed by atoms with Crippen molar-refractivity contribution in [2.75, 3.05) is 0 Å². The molecule has 0 aromatic rings. The van der Waals surface area contributed by atoms with Gasteiger partial charge in [-0.2, -0.15) is 0 Å². The summed E-state index contributed by atoms with van der Waals surface area (Å²) in [6.07, 6.45) is 2.17. The minimum Gasteiger partial charge on any atom is -0.481 e. The van der Waals surface area contributed by atoms with Gasteiger partial charge in [0, 0.05) is 6.42 Å². The molecule has 0 spiro atoms. The second-order valence-corrected chi connectivity index (χ2v) is 4.25. The van der Waals surface area contributed by atoms with E-state index in [1.54, 1.807) is 0 Å². The lowest BCUT2D eigenvalue weighted by Gasteiger charge is -2.08. The average molecular weight is 195 g/mol. The molecule has 4 heteroatoms. The van der Waals surface area contributed by atoms with E-state index in [-0.39, 0.29) is 0 Å².